The molecule has 3 rings (SSSR count). The van der Waals surface area contributed by atoms with Gasteiger partial charge in [-0.2, -0.15) is 0 Å². The molecule has 0 heterocycles. The highest BCUT2D eigenvalue weighted by molar-refractivity contribution is 9.10. The Labute approximate surface area is 202 Å². The molecule has 0 saturated heterocycles. The smallest absolute Gasteiger partial charge is 0.242 e. The monoisotopic (exact) mass is 524 g/mol. The zero-order chi connectivity index (χ0) is 22.4. The van der Waals surface area contributed by atoms with Crippen molar-refractivity contribution in [3.05, 3.63) is 68.1 Å². The number of carbonyl (C=O) groups is 2. The van der Waals surface area contributed by atoms with Gasteiger partial charge in [-0.15, -0.1) is 0 Å². The Morgan fingerprint density at radius 2 is 1.68 bits per heavy atom. The van der Waals surface area contributed by atoms with Crippen LogP contribution in [-0.4, -0.2) is 28.8 Å². The number of carbonyl (C=O) groups excluding carboxylic acids is 2. The summed E-state index contributed by atoms with van der Waals surface area (Å²) in [4.78, 5) is 28.0. The van der Waals surface area contributed by atoms with Gasteiger partial charge in [-0.3, -0.25) is 9.59 Å². The Morgan fingerprint density at radius 3 is 2.29 bits per heavy atom. The summed E-state index contributed by atoms with van der Waals surface area (Å²) in [7, 11) is 0. The maximum absolute atomic E-state index is 13.3. The molecule has 7 heteroatoms. The van der Waals surface area contributed by atoms with Gasteiger partial charge >= 0.3 is 0 Å². The maximum atomic E-state index is 13.3. The number of nitrogens with one attached hydrogen (secondary N) is 1. The van der Waals surface area contributed by atoms with Gasteiger partial charge in [0.2, 0.25) is 11.8 Å². The standard InChI is InChI=1S/C24H27BrCl2N2O2/c1-16(24(31)28-19-6-3-2-4-7-19)29(15-17-10-12-18(25)13-11-17)23(30)14-20-21(26)8-5-9-22(20)27/h5,8-13,16,19H,2-4,6-7,14-15H2,1H3,(H,28,31)/t16-/m0/s1. The van der Waals surface area contributed by atoms with Crippen LogP contribution in [0, 0.1) is 0 Å². The first kappa shape index (κ1) is 24.1. The van der Waals surface area contributed by atoms with Crippen LogP contribution < -0.4 is 5.32 Å². The minimum Gasteiger partial charge on any atom is -0.352 e. The number of hydrogen-bond donors (Lipinski definition) is 1. The normalized spacial score (nSPS) is 15.4. The molecule has 2 aromatic rings. The average molecular weight is 526 g/mol. The van der Waals surface area contributed by atoms with E-state index < -0.39 is 6.04 Å². The molecular weight excluding hydrogens is 499 g/mol. The molecule has 0 aromatic heterocycles. The first-order chi connectivity index (χ1) is 14.8. The van der Waals surface area contributed by atoms with E-state index in [0.717, 1.165) is 35.7 Å². The van der Waals surface area contributed by atoms with Gasteiger partial charge in [0, 0.05) is 27.1 Å². The van der Waals surface area contributed by atoms with Crippen LogP contribution in [-0.2, 0) is 22.6 Å². The molecule has 2 aromatic carbocycles. The largest absolute Gasteiger partial charge is 0.352 e. The van der Waals surface area contributed by atoms with Crippen molar-refractivity contribution >= 4 is 50.9 Å². The topological polar surface area (TPSA) is 49.4 Å². The lowest BCUT2D eigenvalue weighted by Crippen LogP contribution is -2.50. The first-order valence-corrected chi connectivity index (χ1v) is 12.2. The molecule has 1 atom stereocenters. The Morgan fingerprint density at radius 1 is 1.06 bits per heavy atom. The number of amides is 2. The average Bonchev–Trinajstić information content (AvgIpc) is 2.76. The van der Waals surface area contributed by atoms with E-state index in [4.69, 9.17) is 23.2 Å². The van der Waals surface area contributed by atoms with Gasteiger partial charge in [-0.1, -0.05) is 76.6 Å². The number of hydrogen-bond acceptors (Lipinski definition) is 2. The van der Waals surface area contributed by atoms with E-state index in [9.17, 15) is 9.59 Å². The summed E-state index contributed by atoms with van der Waals surface area (Å²) in [5.41, 5.74) is 1.52. The third kappa shape index (κ3) is 6.71. The fourth-order valence-electron chi connectivity index (χ4n) is 3.89. The van der Waals surface area contributed by atoms with E-state index in [1.54, 1.807) is 30.0 Å². The lowest BCUT2D eigenvalue weighted by Gasteiger charge is -2.31. The van der Waals surface area contributed by atoms with Gasteiger partial charge in [0.25, 0.3) is 0 Å². The van der Waals surface area contributed by atoms with E-state index in [0.29, 0.717) is 22.2 Å². The molecule has 1 aliphatic carbocycles. The molecule has 1 aliphatic rings. The highest BCUT2D eigenvalue weighted by Crippen LogP contribution is 2.26. The van der Waals surface area contributed by atoms with Crippen molar-refractivity contribution in [2.45, 2.75) is 64.1 Å². The van der Waals surface area contributed by atoms with Crippen molar-refractivity contribution in [2.24, 2.45) is 0 Å². The Hall–Kier alpha value is -1.56. The summed E-state index contributed by atoms with van der Waals surface area (Å²) in [5.74, 6) is -0.313. The third-order valence-electron chi connectivity index (χ3n) is 5.77. The zero-order valence-corrected chi connectivity index (χ0v) is 20.6. The van der Waals surface area contributed by atoms with Crippen LogP contribution in [0.5, 0.6) is 0 Å². The predicted octanol–water partition coefficient (Wildman–Crippen LogP) is 6.16. The maximum Gasteiger partial charge on any atom is 0.242 e. The van der Waals surface area contributed by atoms with Crippen LogP contribution >= 0.6 is 39.1 Å². The summed E-state index contributed by atoms with van der Waals surface area (Å²) in [6, 6.07) is 12.5. The van der Waals surface area contributed by atoms with E-state index in [-0.39, 0.29) is 24.3 Å². The molecule has 1 fully saturated rings. The van der Waals surface area contributed by atoms with E-state index in [2.05, 4.69) is 21.2 Å². The molecule has 0 spiro atoms. The molecule has 1 N–H and O–H groups in total. The fraction of sp³-hybridized carbons (Fsp3) is 0.417. The number of halogens is 3. The van der Waals surface area contributed by atoms with Crippen LogP contribution in [0.4, 0.5) is 0 Å². The van der Waals surface area contributed by atoms with E-state index in [1.807, 2.05) is 24.3 Å². The van der Waals surface area contributed by atoms with Gasteiger partial charge in [-0.05, 0) is 55.2 Å². The van der Waals surface area contributed by atoms with Crippen molar-refractivity contribution in [3.8, 4) is 0 Å². The van der Waals surface area contributed by atoms with Gasteiger partial charge < -0.3 is 10.2 Å². The first-order valence-electron chi connectivity index (χ1n) is 10.6. The second kappa shape index (κ2) is 11.3. The van der Waals surface area contributed by atoms with Crippen LogP contribution in [0.1, 0.15) is 50.2 Å². The highest BCUT2D eigenvalue weighted by Gasteiger charge is 2.28. The van der Waals surface area contributed by atoms with Crippen molar-refractivity contribution in [3.63, 3.8) is 0 Å². The lowest BCUT2D eigenvalue weighted by atomic mass is 9.95. The molecule has 2 amide bonds. The quantitative estimate of drug-likeness (QED) is 0.470. The molecule has 0 bridgehead atoms. The molecule has 0 radical (unpaired) electrons. The predicted molar refractivity (Wildman–Crippen MR) is 129 cm³/mol. The van der Waals surface area contributed by atoms with Crippen molar-refractivity contribution < 1.29 is 9.59 Å². The van der Waals surface area contributed by atoms with Crippen molar-refractivity contribution in [1.29, 1.82) is 0 Å². The summed E-state index contributed by atoms with van der Waals surface area (Å²) in [5, 5.41) is 4.04. The van der Waals surface area contributed by atoms with Crippen molar-refractivity contribution in [1.82, 2.24) is 10.2 Å². The molecule has 31 heavy (non-hydrogen) atoms. The Bertz CT molecular complexity index is 894. The lowest BCUT2D eigenvalue weighted by molar-refractivity contribution is -0.140. The zero-order valence-electron chi connectivity index (χ0n) is 17.5. The molecule has 4 nitrogen and oxygen atoms in total. The van der Waals surface area contributed by atoms with Crippen LogP contribution in [0.2, 0.25) is 10.0 Å². The summed E-state index contributed by atoms with van der Waals surface area (Å²) in [6.07, 6.45) is 5.51. The molecule has 166 valence electrons. The second-order valence-electron chi connectivity index (χ2n) is 8.04. The fourth-order valence-corrected chi connectivity index (χ4v) is 4.69. The summed E-state index contributed by atoms with van der Waals surface area (Å²) < 4.78 is 0.958. The van der Waals surface area contributed by atoms with E-state index in [1.165, 1.54) is 6.42 Å². The molecule has 1 saturated carbocycles. The van der Waals surface area contributed by atoms with Gasteiger partial charge in [0.1, 0.15) is 6.04 Å². The van der Waals surface area contributed by atoms with E-state index >= 15 is 0 Å². The van der Waals surface area contributed by atoms with Gasteiger partial charge in [0.15, 0.2) is 0 Å². The van der Waals surface area contributed by atoms with Gasteiger partial charge in [0.05, 0.1) is 6.42 Å². The molecule has 0 unspecified atom stereocenters. The molecule has 0 aliphatic heterocycles. The van der Waals surface area contributed by atoms with Crippen LogP contribution in [0.15, 0.2) is 46.9 Å². The minimum atomic E-state index is -0.612. The summed E-state index contributed by atoms with van der Waals surface area (Å²) in [6.45, 7) is 2.11. The Balaban J connectivity index is 1.79. The highest BCUT2D eigenvalue weighted by atomic mass is 79.9. The number of rotatable bonds is 7. The van der Waals surface area contributed by atoms with Crippen molar-refractivity contribution in [2.75, 3.05) is 0 Å². The Kier molecular flexibility index (Phi) is 8.82. The third-order valence-corrected chi connectivity index (χ3v) is 7.01. The second-order valence-corrected chi connectivity index (χ2v) is 9.77. The number of benzene rings is 2. The number of nitrogens with zero attached hydrogens (tertiary/aromatic N) is 1. The minimum absolute atomic E-state index is 0.0378. The summed E-state index contributed by atoms with van der Waals surface area (Å²) >= 11 is 16.0. The van der Waals surface area contributed by atoms with Crippen LogP contribution in [0.3, 0.4) is 0 Å². The van der Waals surface area contributed by atoms with Gasteiger partial charge in [-0.25, -0.2) is 0 Å². The van der Waals surface area contributed by atoms with Crippen LogP contribution in [0.25, 0.3) is 0 Å². The molecular formula is C24H27BrCl2N2O2. The SMILES string of the molecule is C[C@@H](C(=O)NC1CCCCC1)N(Cc1ccc(Br)cc1)C(=O)Cc1c(Cl)cccc1Cl.